The number of sulfonamides is 1. The van der Waals surface area contributed by atoms with E-state index in [1.807, 2.05) is 13.8 Å². The summed E-state index contributed by atoms with van der Waals surface area (Å²) < 4.78 is 28.4. The highest BCUT2D eigenvalue weighted by atomic mass is 35.5. The van der Waals surface area contributed by atoms with Crippen molar-refractivity contribution in [2.24, 2.45) is 0 Å². The van der Waals surface area contributed by atoms with Crippen LogP contribution in [-0.4, -0.2) is 20.9 Å². The Balaban J connectivity index is 1.63. The predicted octanol–water partition coefficient (Wildman–Crippen LogP) is 6.64. The molecule has 0 radical (unpaired) electrons. The molecule has 1 atom stereocenters. The predicted molar refractivity (Wildman–Crippen MR) is 146 cm³/mol. The smallest absolute Gasteiger partial charge is 0.264 e. The van der Waals surface area contributed by atoms with Gasteiger partial charge in [0.1, 0.15) is 6.54 Å². The zero-order valence-electron chi connectivity index (χ0n) is 20.4. The third kappa shape index (κ3) is 5.88. The molecule has 36 heavy (non-hydrogen) atoms. The fourth-order valence-electron chi connectivity index (χ4n) is 4.58. The molecule has 1 aliphatic carbocycles. The maximum absolute atomic E-state index is 13.7. The summed E-state index contributed by atoms with van der Waals surface area (Å²) in [6.07, 6.45) is 5.19. The van der Waals surface area contributed by atoms with Crippen LogP contribution in [0.3, 0.4) is 0 Å². The van der Waals surface area contributed by atoms with Gasteiger partial charge >= 0.3 is 0 Å². The van der Waals surface area contributed by atoms with E-state index in [1.54, 1.807) is 18.2 Å². The number of aryl methyl sites for hydroxylation is 3. The lowest BCUT2D eigenvalue weighted by Gasteiger charge is -2.27. The van der Waals surface area contributed by atoms with Crippen molar-refractivity contribution in [1.82, 2.24) is 5.32 Å². The molecule has 0 unspecified atom stereocenters. The molecule has 1 N–H and O–H groups in total. The van der Waals surface area contributed by atoms with Crippen molar-refractivity contribution >= 4 is 44.8 Å². The van der Waals surface area contributed by atoms with Gasteiger partial charge in [0.25, 0.3) is 10.0 Å². The third-order valence-electron chi connectivity index (χ3n) is 6.59. The number of nitrogens with zero attached hydrogens (tertiary/aromatic N) is 1. The van der Waals surface area contributed by atoms with E-state index in [0.29, 0.717) is 11.4 Å². The Bertz CT molecular complexity index is 1360. The summed E-state index contributed by atoms with van der Waals surface area (Å²) in [5.74, 6) is -0.425. The SMILES string of the molecule is CC[C@@H](NC(=O)CN(c1cc(Cl)ccc1Cl)S(=O)(=O)c1ccc(C)cc1)c1ccc2c(c1)CCCC2. The molecule has 1 amide bonds. The van der Waals surface area contributed by atoms with Gasteiger partial charge in [0.2, 0.25) is 5.91 Å². The minimum atomic E-state index is -4.10. The van der Waals surface area contributed by atoms with Crippen LogP contribution < -0.4 is 9.62 Å². The Morgan fingerprint density at radius 2 is 1.67 bits per heavy atom. The molecule has 1 aliphatic rings. The lowest BCUT2D eigenvalue weighted by Crippen LogP contribution is -2.42. The van der Waals surface area contributed by atoms with E-state index < -0.39 is 22.5 Å². The first-order valence-corrected chi connectivity index (χ1v) is 14.3. The Kier molecular flexibility index (Phi) is 8.28. The normalized spacial score (nSPS) is 14.1. The zero-order chi connectivity index (χ0) is 25.9. The van der Waals surface area contributed by atoms with Gasteiger partial charge in [-0.1, -0.05) is 66.0 Å². The number of carbonyl (C=O) groups is 1. The molecule has 0 spiro atoms. The summed E-state index contributed by atoms with van der Waals surface area (Å²) in [5, 5.41) is 3.54. The monoisotopic (exact) mass is 544 g/mol. The highest BCUT2D eigenvalue weighted by molar-refractivity contribution is 7.92. The Hall–Kier alpha value is -2.54. The second-order valence-electron chi connectivity index (χ2n) is 9.18. The molecule has 3 aromatic carbocycles. The first kappa shape index (κ1) is 26.5. The van der Waals surface area contributed by atoms with Gasteiger partial charge in [-0.05, 0) is 86.1 Å². The number of halogens is 2. The second-order valence-corrected chi connectivity index (χ2v) is 11.9. The average molecular weight is 546 g/mol. The fourth-order valence-corrected chi connectivity index (χ4v) is 6.44. The fraction of sp³-hybridized carbons (Fsp3) is 0.321. The van der Waals surface area contributed by atoms with Crippen LogP contribution >= 0.6 is 23.2 Å². The molecular weight excluding hydrogens is 515 g/mol. The number of benzene rings is 3. The van der Waals surface area contributed by atoms with Crippen LogP contribution in [0.15, 0.2) is 65.6 Å². The molecule has 0 aromatic heterocycles. The van der Waals surface area contributed by atoms with E-state index in [2.05, 4.69) is 23.5 Å². The van der Waals surface area contributed by atoms with Gasteiger partial charge in [-0.15, -0.1) is 0 Å². The minimum absolute atomic E-state index is 0.0682. The Morgan fingerprint density at radius 3 is 2.36 bits per heavy atom. The quantitative estimate of drug-likeness (QED) is 0.345. The van der Waals surface area contributed by atoms with Crippen molar-refractivity contribution in [1.29, 1.82) is 0 Å². The third-order valence-corrected chi connectivity index (χ3v) is 8.92. The van der Waals surface area contributed by atoms with Gasteiger partial charge < -0.3 is 5.32 Å². The molecule has 3 aromatic rings. The van der Waals surface area contributed by atoms with Gasteiger partial charge in [-0.2, -0.15) is 0 Å². The molecule has 0 saturated heterocycles. The molecule has 8 heteroatoms. The van der Waals surface area contributed by atoms with Crippen LogP contribution in [0.1, 0.15) is 54.5 Å². The number of hydrogen-bond acceptors (Lipinski definition) is 3. The largest absolute Gasteiger partial charge is 0.348 e. The van der Waals surface area contributed by atoms with Crippen LogP contribution in [-0.2, 0) is 27.7 Å². The summed E-state index contributed by atoms with van der Waals surface area (Å²) in [4.78, 5) is 13.4. The Labute approximate surface area is 223 Å². The van der Waals surface area contributed by atoms with Gasteiger partial charge in [0, 0.05) is 5.02 Å². The molecule has 190 valence electrons. The number of amides is 1. The van der Waals surface area contributed by atoms with Crippen molar-refractivity contribution in [3.63, 3.8) is 0 Å². The summed E-state index contributed by atoms with van der Waals surface area (Å²) in [7, 11) is -4.10. The molecule has 0 bridgehead atoms. The second kappa shape index (κ2) is 11.2. The van der Waals surface area contributed by atoms with Crippen LogP contribution in [0, 0.1) is 6.92 Å². The van der Waals surface area contributed by atoms with E-state index in [-0.39, 0.29) is 21.6 Å². The molecule has 0 heterocycles. The number of rotatable bonds is 8. The summed E-state index contributed by atoms with van der Waals surface area (Å²) in [6, 6.07) is 17.2. The van der Waals surface area contributed by atoms with E-state index in [1.165, 1.54) is 48.2 Å². The van der Waals surface area contributed by atoms with Gasteiger partial charge in [0.05, 0.1) is 21.6 Å². The highest BCUT2D eigenvalue weighted by Gasteiger charge is 2.30. The Morgan fingerprint density at radius 1 is 0.972 bits per heavy atom. The molecule has 0 fully saturated rings. The van der Waals surface area contributed by atoms with E-state index >= 15 is 0 Å². The van der Waals surface area contributed by atoms with E-state index in [0.717, 1.165) is 28.3 Å². The van der Waals surface area contributed by atoms with Gasteiger partial charge in [0.15, 0.2) is 0 Å². The maximum atomic E-state index is 13.7. The van der Waals surface area contributed by atoms with Crippen molar-refractivity contribution in [3.8, 4) is 0 Å². The van der Waals surface area contributed by atoms with Crippen molar-refractivity contribution in [2.45, 2.75) is 56.9 Å². The van der Waals surface area contributed by atoms with E-state index in [4.69, 9.17) is 23.2 Å². The number of hydrogen-bond donors (Lipinski definition) is 1. The average Bonchev–Trinajstić information content (AvgIpc) is 2.87. The molecule has 5 nitrogen and oxygen atoms in total. The first-order chi connectivity index (χ1) is 17.2. The number of anilines is 1. The zero-order valence-corrected chi connectivity index (χ0v) is 22.8. The molecule has 4 rings (SSSR count). The number of carbonyl (C=O) groups excluding carboxylic acids is 1. The summed E-state index contributed by atoms with van der Waals surface area (Å²) >= 11 is 12.6. The highest BCUT2D eigenvalue weighted by Crippen LogP contribution is 2.33. The summed E-state index contributed by atoms with van der Waals surface area (Å²) in [5.41, 5.74) is 4.81. The van der Waals surface area contributed by atoms with Gasteiger partial charge in [-0.25, -0.2) is 8.42 Å². The summed E-state index contributed by atoms with van der Waals surface area (Å²) in [6.45, 7) is 3.44. The van der Waals surface area contributed by atoms with Crippen LogP contribution in [0.4, 0.5) is 5.69 Å². The molecule has 0 saturated carbocycles. The topological polar surface area (TPSA) is 66.5 Å². The molecular formula is C28H30Cl2N2O3S. The van der Waals surface area contributed by atoms with E-state index in [9.17, 15) is 13.2 Å². The standard InChI is InChI=1S/C28H30Cl2N2O3S/c1-3-26(22-11-10-20-6-4-5-7-21(20)16-22)31-28(33)18-32(27-17-23(29)12-15-25(27)30)36(34,35)24-13-8-19(2)9-14-24/h8-17,26H,3-7,18H2,1-2H3,(H,31,33)/t26-/m1/s1. The number of fused-ring (bicyclic) bond motifs is 1. The lowest BCUT2D eigenvalue weighted by molar-refractivity contribution is -0.120. The maximum Gasteiger partial charge on any atom is 0.264 e. The van der Waals surface area contributed by atoms with Gasteiger partial charge in [-0.3, -0.25) is 9.10 Å². The number of nitrogens with one attached hydrogen (secondary N) is 1. The van der Waals surface area contributed by atoms with Crippen LogP contribution in [0.25, 0.3) is 0 Å². The van der Waals surface area contributed by atoms with Crippen molar-refractivity contribution in [2.75, 3.05) is 10.8 Å². The first-order valence-electron chi connectivity index (χ1n) is 12.1. The van der Waals surface area contributed by atoms with Crippen LogP contribution in [0.5, 0.6) is 0 Å². The van der Waals surface area contributed by atoms with Crippen LogP contribution in [0.2, 0.25) is 10.0 Å². The molecule has 0 aliphatic heterocycles. The lowest BCUT2D eigenvalue weighted by atomic mass is 9.89. The van der Waals surface area contributed by atoms with Crippen molar-refractivity contribution < 1.29 is 13.2 Å². The van der Waals surface area contributed by atoms with Crippen molar-refractivity contribution in [3.05, 3.63) is 93.0 Å². The minimum Gasteiger partial charge on any atom is -0.348 e.